The van der Waals surface area contributed by atoms with Gasteiger partial charge < -0.3 is 5.32 Å². The second-order valence-electron chi connectivity index (χ2n) is 7.42. The topological polar surface area (TPSA) is 35.6 Å². The SMILES string of the molecule is O=C(CN1CCN(Cc2cccs2)CC1)NC(c1ccccc1)C1CC1. The summed E-state index contributed by atoms with van der Waals surface area (Å²) in [4.78, 5) is 18.8. The van der Waals surface area contributed by atoms with Crippen LogP contribution in [0, 0.1) is 5.92 Å². The van der Waals surface area contributed by atoms with Gasteiger partial charge in [0.1, 0.15) is 0 Å². The smallest absolute Gasteiger partial charge is 0.234 e. The van der Waals surface area contributed by atoms with Crippen LogP contribution in [0.4, 0.5) is 0 Å². The van der Waals surface area contributed by atoms with Crippen molar-refractivity contribution in [2.45, 2.75) is 25.4 Å². The van der Waals surface area contributed by atoms with Crippen LogP contribution in [-0.4, -0.2) is 48.4 Å². The summed E-state index contributed by atoms with van der Waals surface area (Å²) in [5.74, 6) is 0.779. The Bertz CT molecular complexity index is 691. The second-order valence-corrected chi connectivity index (χ2v) is 8.46. The molecule has 2 aromatic rings. The Labute approximate surface area is 159 Å². The summed E-state index contributed by atoms with van der Waals surface area (Å²) in [6, 6.07) is 14.9. The number of rotatable bonds is 7. The number of amides is 1. The normalized spacial score (nSPS) is 20.0. The molecule has 1 aliphatic heterocycles. The minimum Gasteiger partial charge on any atom is -0.348 e. The fourth-order valence-corrected chi connectivity index (χ4v) is 4.46. The summed E-state index contributed by atoms with van der Waals surface area (Å²) in [5, 5.41) is 5.44. The van der Waals surface area contributed by atoms with Gasteiger partial charge in [-0.05, 0) is 35.8 Å². The molecule has 4 rings (SSSR count). The fourth-order valence-electron chi connectivity index (χ4n) is 3.71. The van der Waals surface area contributed by atoms with Gasteiger partial charge in [0.05, 0.1) is 12.6 Å². The first-order valence-corrected chi connectivity index (χ1v) is 10.5. The Morgan fingerprint density at radius 3 is 2.42 bits per heavy atom. The van der Waals surface area contributed by atoms with Crippen LogP contribution in [-0.2, 0) is 11.3 Å². The Hall–Kier alpha value is -1.69. The van der Waals surface area contributed by atoms with E-state index in [0.29, 0.717) is 12.5 Å². The second kappa shape index (κ2) is 8.33. The predicted octanol–water partition coefficient (Wildman–Crippen LogP) is 3.13. The third kappa shape index (κ3) is 4.72. The van der Waals surface area contributed by atoms with E-state index < -0.39 is 0 Å². The van der Waals surface area contributed by atoms with E-state index in [0.717, 1.165) is 32.7 Å². The molecule has 1 saturated carbocycles. The molecule has 4 nitrogen and oxygen atoms in total. The lowest BCUT2D eigenvalue weighted by molar-refractivity contribution is -0.123. The quantitative estimate of drug-likeness (QED) is 0.814. The molecule has 1 unspecified atom stereocenters. The average molecular weight is 370 g/mol. The van der Waals surface area contributed by atoms with Crippen molar-refractivity contribution in [2.75, 3.05) is 32.7 Å². The van der Waals surface area contributed by atoms with Gasteiger partial charge in [0.15, 0.2) is 0 Å². The van der Waals surface area contributed by atoms with Crippen molar-refractivity contribution >= 4 is 17.2 Å². The van der Waals surface area contributed by atoms with Gasteiger partial charge in [-0.15, -0.1) is 11.3 Å². The van der Waals surface area contributed by atoms with E-state index in [1.54, 1.807) is 0 Å². The van der Waals surface area contributed by atoms with Crippen LogP contribution in [0.3, 0.4) is 0 Å². The molecule has 5 heteroatoms. The molecule has 1 saturated heterocycles. The number of thiophene rings is 1. The Morgan fingerprint density at radius 2 is 1.77 bits per heavy atom. The van der Waals surface area contributed by atoms with Crippen molar-refractivity contribution in [1.82, 2.24) is 15.1 Å². The fraction of sp³-hybridized carbons (Fsp3) is 0.476. The molecule has 26 heavy (non-hydrogen) atoms. The van der Waals surface area contributed by atoms with E-state index in [1.165, 1.54) is 23.3 Å². The molecule has 1 N–H and O–H groups in total. The number of hydrogen-bond acceptors (Lipinski definition) is 4. The summed E-state index contributed by atoms with van der Waals surface area (Å²) < 4.78 is 0. The first-order chi connectivity index (χ1) is 12.8. The van der Waals surface area contributed by atoms with Crippen molar-refractivity contribution < 1.29 is 4.79 Å². The summed E-state index contributed by atoms with van der Waals surface area (Å²) in [6.45, 7) is 5.57. The van der Waals surface area contributed by atoms with Gasteiger partial charge in [-0.3, -0.25) is 14.6 Å². The average Bonchev–Trinajstić information content (AvgIpc) is 3.38. The number of hydrogen-bond donors (Lipinski definition) is 1. The number of carbonyl (C=O) groups excluding carboxylic acids is 1. The van der Waals surface area contributed by atoms with E-state index in [9.17, 15) is 4.79 Å². The van der Waals surface area contributed by atoms with Gasteiger partial charge in [-0.2, -0.15) is 0 Å². The maximum atomic E-state index is 12.6. The third-order valence-electron chi connectivity index (χ3n) is 5.36. The highest BCUT2D eigenvalue weighted by molar-refractivity contribution is 7.09. The minimum atomic E-state index is 0.164. The van der Waals surface area contributed by atoms with Crippen molar-refractivity contribution in [3.63, 3.8) is 0 Å². The largest absolute Gasteiger partial charge is 0.348 e. The molecule has 0 radical (unpaired) electrons. The molecule has 138 valence electrons. The molecule has 1 atom stereocenters. The molecule has 0 spiro atoms. The van der Waals surface area contributed by atoms with Crippen molar-refractivity contribution in [2.24, 2.45) is 5.92 Å². The number of nitrogens with one attached hydrogen (secondary N) is 1. The molecular formula is C21H27N3OS. The number of benzene rings is 1. The summed E-state index contributed by atoms with van der Waals surface area (Å²) >= 11 is 1.82. The van der Waals surface area contributed by atoms with Gasteiger partial charge in [-0.25, -0.2) is 0 Å². The van der Waals surface area contributed by atoms with E-state index in [-0.39, 0.29) is 11.9 Å². The zero-order chi connectivity index (χ0) is 17.8. The summed E-state index contributed by atoms with van der Waals surface area (Å²) in [5.41, 5.74) is 1.24. The highest BCUT2D eigenvalue weighted by Gasteiger charge is 2.33. The molecule has 1 amide bonds. The Kier molecular flexibility index (Phi) is 5.68. The zero-order valence-corrected chi connectivity index (χ0v) is 16.0. The lowest BCUT2D eigenvalue weighted by Gasteiger charge is -2.34. The van der Waals surface area contributed by atoms with Crippen LogP contribution >= 0.6 is 11.3 Å². The monoisotopic (exact) mass is 369 g/mol. The van der Waals surface area contributed by atoms with Gasteiger partial charge in [0.25, 0.3) is 0 Å². The van der Waals surface area contributed by atoms with Gasteiger partial charge in [0.2, 0.25) is 5.91 Å². The molecule has 2 aliphatic rings. The van der Waals surface area contributed by atoms with Crippen LogP contribution in [0.2, 0.25) is 0 Å². The van der Waals surface area contributed by atoms with Crippen LogP contribution in [0.25, 0.3) is 0 Å². The van der Waals surface area contributed by atoms with Crippen molar-refractivity contribution in [3.8, 4) is 0 Å². The van der Waals surface area contributed by atoms with Crippen LogP contribution in [0.1, 0.15) is 29.3 Å². The number of carbonyl (C=O) groups is 1. The first-order valence-electron chi connectivity index (χ1n) is 9.59. The van der Waals surface area contributed by atoms with E-state index in [1.807, 2.05) is 17.4 Å². The maximum absolute atomic E-state index is 12.6. The Morgan fingerprint density at radius 1 is 1.04 bits per heavy atom. The van der Waals surface area contributed by atoms with E-state index in [4.69, 9.17) is 0 Å². The standard InChI is InChI=1S/C21H27N3OS/c25-20(22-21(18-8-9-18)17-5-2-1-3-6-17)16-24-12-10-23(11-13-24)15-19-7-4-14-26-19/h1-7,14,18,21H,8-13,15-16H2,(H,22,25). The predicted molar refractivity (Wildman–Crippen MR) is 106 cm³/mol. The van der Waals surface area contributed by atoms with Crippen LogP contribution < -0.4 is 5.32 Å². The Balaban J connectivity index is 1.25. The summed E-state index contributed by atoms with van der Waals surface area (Å²) in [7, 11) is 0. The van der Waals surface area contributed by atoms with Crippen LogP contribution in [0.5, 0.6) is 0 Å². The highest BCUT2D eigenvalue weighted by Crippen LogP contribution is 2.40. The molecular weight excluding hydrogens is 342 g/mol. The lowest BCUT2D eigenvalue weighted by Crippen LogP contribution is -2.49. The molecule has 1 aromatic heterocycles. The lowest BCUT2D eigenvalue weighted by atomic mass is 10.0. The molecule has 1 aromatic carbocycles. The number of piperazine rings is 1. The molecule has 2 heterocycles. The van der Waals surface area contributed by atoms with Crippen LogP contribution in [0.15, 0.2) is 47.8 Å². The summed E-state index contributed by atoms with van der Waals surface area (Å²) in [6.07, 6.45) is 2.45. The minimum absolute atomic E-state index is 0.164. The molecule has 2 fully saturated rings. The van der Waals surface area contributed by atoms with E-state index >= 15 is 0 Å². The van der Waals surface area contributed by atoms with Gasteiger partial charge in [0, 0.05) is 37.6 Å². The third-order valence-corrected chi connectivity index (χ3v) is 6.22. The van der Waals surface area contributed by atoms with E-state index in [2.05, 4.69) is 56.9 Å². The van der Waals surface area contributed by atoms with Gasteiger partial charge in [-0.1, -0.05) is 36.4 Å². The van der Waals surface area contributed by atoms with Crippen molar-refractivity contribution in [3.05, 3.63) is 58.3 Å². The van der Waals surface area contributed by atoms with Gasteiger partial charge >= 0.3 is 0 Å². The maximum Gasteiger partial charge on any atom is 0.234 e. The van der Waals surface area contributed by atoms with Crippen molar-refractivity contribution in [1.29, 1.82) is 0 Å². The zero-order valence-electron chi connectivity index (χ0n) is 15.1. The molecule has 0 bridgehead atoms. The molecule has 1 aliphatic carbocycles. The highest BCUT2D eigenvalue weighted by atomic mass is 32.1. The first kappa shape index (κ1) is 17.7. The number of nitrogens with zero attached hydrogens (tertiary/aromatic N) is 2.